The van der Waals surface area contributed by atoms with E-state index in [4.69, 9.17) is 0 Å². The first-order chi connectivity index (χ1) is 10.1. The van der Waals surface area contributed by atoms with E-state index in [1.54, 1.807) is 11.3 Å². The lowest BCUT2D eigenvalue weighted by Crippen LogP contribution is -2.33. The summed E-state index contributed by atoms with van der Waals surface area (Å²) in [5, 5.41) is 6.40. The number of anilines is 1. The molecule has 3 rings (SSSR count). The van der Waals surface area contributed by atoms with Crippen molar-refractivity contribution in [2.24, 2.45) is 0 Å². The number of rotatable bonds is 4. The van der Waals surface area contributed by atoms with E-state index in [1.165, 1.54) is 15.3 Å². The largest absolute Gasteiger partial charge is 0.384 e. The molecule has 0 aliphatic carbocycles. The lowest BCUT2D eigenvalue weighted by Gasteiger charge is -2.13. The molecule has 0 saturated heterocycles. The molecule has 0 bridgehead atoms. The molecule has 2 aromatic rings. The van der Waals surface area contributed by atoms with Crippen LogP contribution in [-0.4, -0.2) is 18.5 Å². The molecule has 4 heteroatoms. The first-order valence-corrected chi connectivity index (χ1v) is 8.16. The zero-order valence-electron chi connectivity index (χ0n) is 12.4. The van der Waals surface area contributed by atoms with E-state index in [0.717, 1.165) is 30.6 Å². The quantitative estimate of drug-likeness (QED) is 0.909. The molecular weight excluding hydrogens is 280 g/mol. The summed E-state index contributed by atoms with van der Waals surface area (Å²) < 4.78 is 0. The van der Waals surface area contributed by atoms with Gasteiger partial charge in [-0.25, -0.2) is 0 Å². The number of carbonyl (C=O) groups excluding carboxylic acids is 1. The van der Waals surface area contributed by atoms with Crippen molar-refractivity contribution < 1.29 is 4.79 Å². The SMILES string of the molecule is Cc1ccc(CC(C)NC(=O)c2ccc3c(c2)CCN3)s1. The molecule has 1 amide bonds. The average molecular weight is 300 g/mol. The minimum atomic E-state index is 0.0190. The predicted molar refractivity (Wildman–Crippen MR) is 88.3 cm³/mol. The highest BCUT2D eigenvalue weighted by Gasteiger charge is 2.15. The summed E-state index contributed by atoms with van der Waals surface area (Å²) in [4.78, 5) is 15.0. The van der Waals surface area contributed by atoms with Crippen LogP contribution in [-0.2, 0) is 12.8 Å². The van der Waals surface area contributed by atoms with Gasteiger partial charge in [-0.3, -0.25) is 4.79 Å². The Hall–Kier alpha value is -1.81. The average Bonchev–Trinajstić information content (AvgIpc) is 3.06. The molecular formula is C17H20N2OS. The Morgan fingerprint density at radius 1 is 1.38 bits per heavy atom. The molecule has 110 valence electrons. The van der Waals surface area contributed by atoms with Crippen molar-refractivity contribution in [1.29, 1.82) is 0 Å². The minimum absolute atomic E-state index is 0.0190. The van der Waals surface area contributed by atoms with Gasteiger partial charge < -0.3 is 10.6 Å². The van der Waals surface area contributed by atoms with E-state index >= 15 is 0 Å². The number of benzene rings is 1. The molecule has 1 aromatic heterocycles. The summed E-state index contributed by atoms with van der Waals surface area (Å²) in [5.41, 5.74) is 3.16. The number of hydrogen-bond donors (Lipinski definition) is 2. The maximum atomic E-state index is 12.3. The molecule has 1 atom stereocenters. The number of fused-ring (bicyclic) bond motifs is 1. The monoisotopic (exact) mass is 300 g/mol. The maximum absolute atomic E-state index is 12.3. The van der Waals surface area contributed by atoms with Crippen LogP contribution in [0.1, 0.15) is 32.6 Å². The minimum Gasteiger partial charge on any atom is -0.384 e. The molecule has 0 spiro atoms. The second kappa shape index (κ2) is 5.90. The van der Waals surface area contributed by atoms with Gasteiger partial charge in [-0.2, -0.15) is 0 Å². The van der Waals surface area contributed by atoms with Crippen LogP contribution in [0.25, 0.3) is 0 Å². The summed E-state index contributed by atoms with van der Waals surface area (Å²) in [6, 6.07) is 10.3. The maximum Gasteiger partial charge on any atom is 0.251 e. The van der Waals surface area contributed by atoms with Crippen molar-refractivity contribution in [1.82, 2.24) is 5.32 Å². The van der Waals surface area contributed by atoms with Gasteiger partial charge in [0.05, 0.1) is 0 Å². The zero-order valence-corrected chi connectivity index (χ0v) is 13.2. The van der Waals surface area contributed by atoms with Gasteiger partial charge >= 0.3 is 0 Å². The van der Waals surface area contributed by atoms with E-state index < -0.39 is 0 Å². The normalized spacial score (nSPS) is 14.4. The van der Waals surface area contributed by atoms with Gasteiger partial charge in [0.2, 0.25) is 0 Å². The fraction of sp³-hybridized carbons (Fsp3) is 0.353. The highest BCUT2D eigenvalue weighted by atomic mass is 32.1. The van der Waals surface area contributed by atoms with Crippen molar-refractivity contribution in [3.63, 3.8) is 0 Å². The summed E-state index contributed by atoms with van der Waals surface area (Å²) >= 11 is 1.80. The number of carbonyl (C=O) groups is 1. The number of hydrogen-bond acceptors (Lipinski definition) is 3. The molecule has 0 fully saturated rings. The van der Waals surface area contributed by atoms with Crippen molar-refractivity contribution in [3.05, 3.63) is 51.2 Å². The van der Waals surface area contributed by atoms with Crippen LogP contribution in [0, 0.1) is 6.92 Å². The fourth-order valence-electron chi connectivity index (χ4n) is 2.70. The molecule has 2 N–H and O–H groups in total. The third kappa shape index (κ3) is 3.27. The van der Waals surface area contributed by atoms with E-state index in [0.29, 0.717) is 0 Å². The van der Waals surface area contributed by atoms with Crippen LogP contribution in [0.5, 0.6) is 0 Å². The number of amides is 1. The first kappa shape index (κ1) is 14.1. The molecule has 0 saturated carbocycles. The molecule has 1 aliphatic rings. The Kier molecular flexibility index (Phi) is 3.97. The molecule has 1 unspecified atom stereocenters. The fourth-order valence-corrected chi connectivity index (χ4v) is 3.72. The Bertz CT molecular complexity index is 663. The van der Waals surface area contributed by atoms with E-state index in [-0.39, 0.29) is 11.9 Å². The number of thiophene rings is 1. The Morgan fingerprint density at radius 2 is 2.24 bits per heavy atom. The second-order valence-electron chi connectivity index (χ2n) is 5.64. The summed E-state index contributed by atoms with van der Waals surface area (Å²) in [5.74, 6) is 0.0190. The third-order valence-electron chi connectivity index (χ3n) is 3.76. The topological polar surface area (TPSA) is 41.1 Å². The summed E-state index contributed by atoms with van der Waals surface area (Å²) in [6.45, 7) is 5.13. The van der Waals surface area contributed by atoms with Crippen LogP contribution in [0.15, 0.2) is 30.3 Å². The first-order valence-electron chi connectivity index (χ1n) is 7.35. The summed E-state index contributed by atoms with van der Waals surface area (Å²) in [7, 11) is 0. The standard InChI is InChI=1S/C17H20N2OS/c1-11(9-15-5-3-12(2)21-15)19-17(20)14-4-6-16-13(10-14)7-8-18-16/h3-6,10-11,18H,7-9H2,1-2H3,(H,19,20). The highest BCUT2D eigenvalue weighted by molar-refractivity contribution is 7.11. The van der Waals surface area contributed by atoms with Crippen molar-refractivity contribution in [3.8, 4) is 0 Å². The molecule has 21 heavy (non-hydrogen) atoms. The third-order valence-corrected chi connectivity index (χ3v) is 4.78. The highest BCUT2D eigenvalue weighted by Crippen LogP contribution is 2.23. The van der Waals surface area contributed by atoms with Gasteiger partial charge in [0.15, 0.2) is 0 Å². The van der Waals surface area contributed by atoms with E-state index in [2.05, 4.69) is 36.6 Å². The molecule has 1 aliphatic heterocycles. The lowest BCUT2D eigenvalue weighted by molar-refractivity contribution is 0.0940. The molecule has 2 heterocycles. The smallest absolute Gasteiger partial charge is 0.251 e. The van der Waals surface area contributed by atoms with Crippen molar-refractivity contribution >= 4 is 22.9 Å². The molecule has 3 nitrogen and oxygen atoms in total. The Morgan fingerprint density at radius 3 is 3.00 bits per heavy atom. The Balaban J connectivity index is 1.63. The van der Waals surface area contributed by atoms with Gasteiger partial charge in [-0.1, -0.05) is 0 Å². The number of nitrogens with one attached hydrogen (secondary N) is 2. The van der Waals surface area contributed by atoms with E-state index in [9.17, 15) is 4.79 Å². The van der Waals surface area contributed by atoms with Crippen LogP contribution < -0.4 is 10.6 Å². The second-order valence-corrected chi connectivity index (χ2v) is 7.01. The van der Waals surface area contributed by atoms with Crippen LogP contribution in [0.2, 0.25) is 0 Å². The van der Waals surface area contributed by atoms with Gasteiger partial charge in [0.1, 0.15) is 0 Å². The van der Waals surface area contributed by atoms with Crippen molar-refractivity contribution in [2.45, 2.75) is 32.7 Å². The molecule has 1 aromatic carbocycles. The van der Waals surface area contributed by atoms with Crippen LogP contribution in [0.3, 0.4) is 0 Å². The van der Waals surface area contributed by atoms with Gasteiger partial charge in [0, 0.05) is 40.0 Å². The van der Waals surface area contributed by atoms with Gasteiger partial charge in [-0.15, -0.1) is 11.3 Å². The molecule has 0 radical (unpaired) electrons. The van der Waals surface area contributed by atoms with E-state index in [1.807, 2.05) is 18.2 Å². The number of aryl methyl sites for hydroxylation is 1. The van der Waals surface area contributed by atoms with Gasteiger partial charge in [0.25, 0.3) is 5.91 Å². The van der Waals surface area contributed by atoms with Crippen LogP contribution >= 0.6 is 11.3 Å². The summed E-state index contributed by atoms with van der Waals surface area (Å²) in [6.07, 6.45) is 1.89. The zero-order chi connectivity index (χ0) is 14.8. The van der Waals surface area contributed by atoms with Crippen molar-refractivity contribution in [2.75, 3.05) is 11.9 Å². The van der Waals surface area contributed by atoms with Gasteiger partial charge in [-0.05, 0) is 56.2 Å². The lowest BCUT2D eigenvalue weighted by atomic mass is 10.1. The predicted octanol–water partition coefficient (Wildman–Crippen LogP) is 3.39. The Labute approximate surface area is 129 Å². The van der Waals surface area contributed by atoms with Crippen LogP contribution in [0.4, 0.5) is 5.69 Å².